The smallest absolute Gasteiger partial charge is 0.248 e. The van der Waals surface area contributed by atoms with E-state index in [1.807, 2.05) is 12.3 Å². The summed E-state index contributed by atoms with van der Waals surface area (Å²) in [5.74, 6) is -0.392. The van der Waals surface area contributed by atoms with Gasteiger partial charge in [-0.3, -0.25) is 4.79 Å². The van der Waals surface area contributed by atoms with Crippen LogP contribution in [0.3, 0.4) is 0 Å². The zero-order chi connectivity index (χ0) is 18.6. The molecule has 1 saturated heterocycles. The van der Waals surface area contributed by atoms with Crippen molar-refractivity contribution in [2.75, 3.05) is 18.4 Å². The lowest BCUT2D eigenvalue weighted by Gasteiger charge is -2.26. The average Bonchev–Trinajstić information content (AvgIpc) is 3.06. The van der Waals surface area contributed by atoms with E-state index in [1.165, 1.54) is 27.8 Å². The molecule has 0 unspecified atom stereocenters. The summed E-state index contributed by atoms with van der Waals surface area (Å²) >= 11 is 1.50. The number of piperidine rings is 1. The average molecular weight is 392 g/mol. The van der Waals surface area contributed by atoms with E-state index in [-0.39, 0.29) is 4.90 Å². The second kappa shape index (κ2) is 8.11. The van der Waals surface area contributed by atoms with Gasteiger partial charge in [-0.1, -0.05) is 18.6 Å². The van der Waals surface area contributed by atoms with E-state index < -0.39 is 15.9 Å². The second-order valence-electron chi connectivity index (χ2n) is 6.07. The molecular formula is C18H21N3O3S2. The van der Waals surface area contributed by atoms with Crippen molar-refractivity contribution in [1.29, 1.82) is 0 Å². The number of carbonyl (C=O) groups excluding carboxylic acids is 1. The lowest BCUT2D eigenvalue weighted by atomic mass is 10.2. The van der Waals surface area contributed by atoms with Gasteiger partial charge in [0.1, 0.15) is 4.90 Å². The summed E-state index contributed by atoms with van der Waals surface area (Å²) in [6.45, 7) is 2.94. The van der Waals surface area contributed by atoms with Crippen molar-refractivity contribution in [3.05, 3.63) is 46.4 Å². The summed E-state index contributed by atoms with van der Waals surface area (Å²) in [5.41, 5.74) is 0.999. The van der Waals surface area contributed by atoms with Crippen LogP contribution in [0.4, 0.5) is 5.69 Å². The highest BCUT2D eigenvalue weighted by atomic mass is 32.2. The summed E-state index contributed by atoms with van der Waals surface area (Å²) in [6.07, 6.45) is 5.75. The Balaban J connectivity index is 1.78. The number of aromatic nitrogens is 1. The minimum atomic E-state index is -3.62. The number of para-hydroxylation sites is 1. The first-order chi connectivity index (χ1) is 12.5. The third kappa shape index (κ3) is 4.38. The van der Waals surface area contributed by atoms with Gasteiger partial charge in [-0.05, 0) is 38.0 Å². The molecular weight excluding hydrogens is 370 g/mol. The number of nitrogens with one attached hydrogen (secondary N) is 1. The third-order valence-corrected chi connectivity index (χ3v) is 6.87. The van der Waals surface area contributed by atoms with Crippen molar-refractivity contribution >= 4 is 39.0 Å². The molecule has 138 valence electrons. The molecule has 1 aliphatic rings. The monoisotopic (exact) mass is 391 g/mol. The Bertz CT molecular complexity index is 913. The number of aryl methyl sites for hydroxylation is 1. The van der Waals surface area contributed by atoms with E-state index in [0.717, 1.165) is 24.3 Å². The van der Waals surface area contributed by atoms with Crippen LogP contribution < -0.4 is 5.32 Å². The number of carbonyl (C=O) groups is 1. The summed E-state index contributed by atoms with van der Waals surface area (Å²) < 4.78 is 27.3. The van der Waals surface area contributed by atoms with Crippen molar-refractivity contribution in [2.45, 2.75) is 31.1 Å². The molecule has 1 fully saturated rings. The number of thiazole rings is 1. The highest BCUT2D eigenvalue weighted by molar-refractivity contribution is 7.89. The molecule has 1 amide bonds. The Morgan fingerprint density at radius 1 is 1.23 bits per heavy atom. The van der Waals surface area contributed by atoms with Gasteiger partial charge in [0, 0.05) is 24.5 Å². The maximum atomic E-state index is 12.9. The van der Waals surface area contributed by atoms with E-state index in [2.05, 4.69) is 10.3 Å². The van der Waals surface area contributed by atoms with E-state index in [0.29, 0.717) is 24.5 Å². The Morgan fingerprint density at radius 2 is 1.96 bits per heavy atom. The maximum absolute atomic E-state index is 12.9. The fraction of sp³-hybridized carbons (Fsp3) is 0.333. The Kier molecular flexibility index (Phi) is 5.85. The first-order valence-electron chi connectivity index (χ1n) is 8.47. The number of rotatable bonds is 5. The predicted octanol–water partition coefficient (Wildman–Crippen LogP) is 3.28. The van der Waals surface area contributed by atoms with Gasteiger partial charge in [-0.25, -0.2) is 13.4 Å². The molecule has 0 radical (unpaired) electrons. The zero-order valence-corrected chi connectivity index (χ0v) is 16.1. The highest BCUT2D eigenvalue weighted by Gasteiger charge is 2.28. The molecule has 0 saturated carbocycles. The third-order valence-electron chi connectivity index (χ3n) is 4.12. The van der Waals surface area contributed by atoms with Crippen LogP contribution in [0.2, 0.25) is 0 Å². The number of nitrogens with zero attached hydrogens (tertiary/aromatic N) is 2. The van der Waals surface area contributed by atoms with Gasteiger partial charge in [0.2, 0.25) is 15.9 Å². The van der Waals surface area contributed by atoms with Crippen LogP contribution in [0, 0.1) is 6.92 Å². The van der Waals surface area contributed by atoms with E-state index >= 15 is 0 Å². The molecule has 0 aliphatic carbocycles. The number of benzene rings is 1. The van der Waals surface area contributed by atoms with Crippen LogP contribution in [-0.2, 0) is 14.8 Å². The van der Waals surface area contributed by atoms with Crippen molar-refractivity contribution in [2.24, 2.45) is 0 Å². The van der Waals surface area contributed by atoms with Gasteiger partial charge in [0.25, 0.3) is 0 Å². The van der Waals surface area contributed by atoms with Crippen LogP contribution in [0.25, 0.3) is 6.08 Å². The molecule has 26 heavy (non-hydrogen) atoms. The lowest BCUT2D eigenvalue weighted by molar-refractivity contribution is -0.111. The predicted molar refractivity (Wildman–Crippen MR) is 104 cm³/mol. The molecule has 1 aliphatic heterocycles. The quantitative estimate of drug-likeness (QED) is 0.794. The largest absolute Gasteiger partial charge is 0.321 e. The van der Waals surface area contributed by atoms with Crippen LogP contribution in [0.1, 0.15) is 30.0 Å². The molecule has 2 heterocycles. The van der Waals surface area contributed by atoms with Gasteiger partial charge >= 0.3 is 0 Å². The summed E-state index contributed by atoms with van der Waals surface area (Å²) in [4.78, 5) is 16.6. The number of hydrogen-bond acceptors (Lipinski definition) is 5. The first kappa shape index (κ1) is 18.8. The van der Waals surface area contributed by atoms with Gasteiger partial charge < -0.3 is 5.32 Å². The number of sulfonamides is 1. The van der Waals surface area contributed by atoms with Crippen molar-refractivity contribution < 1.29 is 13.2 Å². The molecule has 6 nitrogen and oxygen atoms in total. The molecule has 3 rings (SSSR count). The summed E-state index contributed by atoms with van der Waals surface area (Å²) in [6, 6.07) is 6.52. The topological polar surface area (TPSA) is 79.4 Å². The van der Waals surface area contributed by atoms with Crippen LogP contribution in [-0.4, -0.2) is 36.7 Å². The minimum Gasteiger partial charge on any atom is -0.321 e. The maximum Gasteiger partial charge on any atom is 0.248 e. The Morgan fingerprint density at radius 3 is 2.65 bits per heavy atom. The standard InChI is InChI=1S/C18H21N3O3S2/c1-14-19-15(13-25-14)9-10-18(22)20-16-7-3-4-8-17(16)26(23,24)21-11-5-2-6-12-21/h3-4,7-10,13H,2,5-6,11-12H2,1H3,(H,20,22). The highest BCUT2D eigenvalue weighted by Crippen LogP contribution is 2.26. The number of amides is 1. The van der Waals surface area contributed by atoms with E-state index in [4.69, 9.17) is 0 Å². The first-order valence-corrected chi connectivity index (χ1v) is 10.8. The van der Waals surface area contributed by atoms with Gasteiger partial charge in [-0.15, -0.1) is 11.3 Å². The molecule has 8 heteroatoms. The SMILES string of the molecule is Cc1nc(C=CC(=O)Nc2ccccc2S(=O)(=O)N2CCCCC2)cs1. The molecule has 0 atom stereocenters. The minimum absolute atomic E-state index is 0.133. The summed E-state index contributed by atoms with van der Waals surface area (Å²) in [7, 11) is -3.62. The molecule has 0 bridgehead atoms. The Labute approximate surface area is 157 Å². The van der Waals surface area contributed by atoms with E-state index in [1.54, 1.807) is 24.3 Å². The van der Waals surface area contributed by atoms with Crippen LogP contribution in [0.5, 0.6) is 0 Å². The fourth-order valence-electron chi connectivity index (χ4n) is 2.83. The Hall–Kier alpha value is -2.03. The summed E-state index contributed by atoms with van der Waals surface area (Å²) in [5, 5.41) is 5.45. The second-order valence-corrected chi connectivity index (χ2v) is 9.04. The fourth-order valence-corrected chi connectivity index (χ4v) is 5.08. The number of anilines is 1. The van der Waals surface area contributed by atoms with Crippen molar-refractivity contribution in [3.8, 4) is 0 Å². The van der Waals surface area contributed by atoms with Gasteiger partial charge in [-0.2, -0.15) is 4.31 Å². The normalized spacial score (nSPS) is 16.0. The zero-order valence-electron chi connectivity index (χ0n) is 14.5. The van der Waals surface area contributed by atoms with Crippen LogP contribution >= 0.6 is 11.3 Å². The van der Waals surface area contributed by atoms with E-state index in [9.17, 15) is 13.2 Å². The molecule has 1 aromatic heterocycles. The van der Waals surface area contributed by atoms with Gasteiger partial charge in [0.05, 0.1) is 16.4 Å². The molecule has 1 N–H and O–H groups in total. The number of hydrogen-bond donors (Lipinski definition) is 1. The van der Waals surface area contributed by atoms with Crippen molar-refractivity contribution in [3.63, 3.8) is 0 Å². The molecule has 2 aromatic rings. The van der Waals surface area contributed by atoms with Crippen LogP contribution in [0.15, 0.2) is 40.6 Å². The molecule has 1 aromatic carbocycles. The molecule has 0 spiro atoms. The van der Waals surface area contributed by atoms with Gasteiger partial charge in [0.15, 0.2) is 0 Å². The lowest BCUT2D eigenvalue weighted by Crippen LogP contribution is -2.36. The van der Waals surface area contributed by atoms with Crippen molar-refractivity contribution in [1.82, 2.24) is 9.29 Å².